The molecule has 0 radical (unpaired) electrons. The molecule has 0 aliphatic carbocycles. The van der Waals surface area contributed by atoms with Gasteiger partial charge in [-0.25, -0.2) is 8.78 Å². The lowest BCUT2D eigenvalue weighted by molar-refractivity contribution is -0.0522. The van der Waals surface area contributed by atoms with Crippen molar-refractivity contribution < 1.29 is 27.0 Å². The number of hydrogen-bond acceptors (Lipinski definition) is 3. The predicted molar refractivity (Wildman–Crippen MR) is 123 cm³/mol. The molecule has 0 saturated carbocycles. The third-order valence-corrected chi connectivity index (χ3v) is 5.33. The van der Waals surface area contributed by atoms with Gasteiger partial charge in [-0.3, -0.25) is 4.98 Å². The number of alkyl halides is 2. The van der Waals surface area contributed by atoms with Gasteiger partial charge in [-0.2, -0.15) is 8.78 Å². The Morgan fingerprint density at radius 2 is 1.79 bits per heavy atom. The van der Waals surface area contributed by atoms with Gasteiger partial charge >= 0.3 is 6.61 Å². The molecule has 4 rings (SSSR count). The second kappa shape index (κ2) is 10.4. The second-order valence-corrected chi connectivity index (χ2v) is 7.60. The molecule has 34 heavy (non-hydrogen) atoms. The first-order valence-electron chi connectivity index (χ1n) is 10.6. The van der Waals surface area contributed by atoms with E-state index in [-0.39, 0.29) is 5.82 Å². The number of halogens is 4. The van der Waals surface area contributed by atoms with Crippen LogP contribution in [0.15, 0.2) is 79.5 Å². The van der Waals surface area contributed by atoms with Gasteiger partial charge in [0.05, 0.1) is 11.9 Å². The Morgan fingerprint density at radius 1 is 0.941 bits per heavy atom. The summed E-state index contributed by atoms with van der Waals surface area (Å²) >= 11 is 0. The molecular weight excluding hydrogens is 446 g/mol. The van der Waals surface area contributed by atoms with Gasteiger partial charge in [0.15, 0.2) is 11.6 Å². The zero-order valence-electron chi connectivity index (χ0n) is 18.1. The third-order valence-electron chi connectivity index (χ3n) is 5.33. The van der Waals surface area contributed by atoms with Crippen LogP contribution in [0.2, 0.25) is 0 Å². The average molecular weight is 467 g/mol. The molecule has 174 valence electrons. The molecule has 0 saturated heterocycles. The summed E-state index contributed by atoms with van der Waals surface area (Å²) in [6, 6.07) is 16.3. The summed E-state index contributed by atoms with van der Waals surface area (Å²) in [5.41, 5.74) is 2.62. The summed E-state index contributed by atoms with van der Waals surface area (Å²) in [5, 5.41) is 1.20. The molecule has 0 atom stereocenters. The number of hydrogen-bond donors (Lipinski definition) is 0. The number of aromatic nitrogens is 1. The topological polar surface area (TPSA) is 31.4 Å². The smallest absolute Gasteiger partial charge is 0.387 e. The SMILES string of the molecule is C=CCOc1ccc(-c2ccc3c(F)c(CCc4ccc(OC(F)F)c(F)c4)ccc3c2)nc1. The fourth-order valence-electron chi connectivity index (χ4n) is 3.65. The van der Waals surface area contributed by atoms with Crippen molar-refractivity contribution in [2.24, 2.45) is 0 Å². The number of rotatable bonds is 9. The zero-order chi connectivity index (χ0) is 24.1. The van der Waals surface area contributed by atoms with Crippen LogP contribution in [0.1, 0.15) is 11.1 Å². The lowest BCUT2D eigenvalue weighted by Crippen LogP contribution is -2.04. The minimum absolute atomic E-state index is 0.325. The standard InChI is InChI=1S/C27H21F4NO2/c1-2-13-33-21-9-11-24(32-16-21)20-8-10-22-19(15-20)7-6-18(26(22)29)5-3-17-4-12-25(23(28)14-17)34-27(30)31/h2,4,6-12,14-16,27H,1,3,5,13H2. The first kappa shape index (κ1) is 23.3. The third kappa shape index (κ3) is 5.36. The van der Waals surface area contributed by atoms with Crippen molar-refractivity contribution in [3.8, 4) is 22.8 Å². The molecule has 7 heteroatoms. The summed E-state index contributed by atoms with van der Waals surface area (Å²) < 4.78 is 63.2. The molecular formula is C27H21F4NO2. The summed E-state index contributed by atoms with van der Waals surface area (Å²) in [6.07, 6.45) is 3.95. The molecule has 0 bridgehead atoms. The van der Waals surface area contributed by atoms with Crippen LogP contribution in [0.3, 0.4) is 0 Å². The van der Waals surface area contributed by atoms with Gasteiger partial charge in [-0.15, -0.1) is 0 Å². The maximum absolute atomic E-state index is 15.1. The van der Waals surface area contributed by atoms with Gasteiger partial charge in [0, 0.05) is 10.9 Å². The summed E-state index contributed by atoms with van der Waals surface area (Å²) in [6.45, 7) is 0.903. The molecule has 1 aromatic heterocycles. The maximum Gasteiger partial charge on any atom is 0.387 e. The molecule has 1 heterocycles. The van der Waals surface area contributed by atoms with Gasteiger partial charge in [0.1, 0.15) is 18.2 Å². The van der Waals surface area contributed by atoms with E-state index in [0.717, 1.165) is 28.8 Å². The van der Waals surface area contributed by atoms with Crippen molar-refractivity contribution in [2.45, 2.75) is 19.5 Å². The Labute approximate surface area is 194 Å². The Hall–Kier alpha value is -3.87. The van der Waals surface area contributed by atoms with E-state index in [4.69, 9.17) is 4.74 Å². The number of pyridine rings is 1. The van der Waals surface area contributed by atoms with Gasteiger partial charge in [0.25, 0.3) is 0 Å². The van der Waals surface area contributed by atoms with Gasteiger partial charge in [-0.05, 0) is 59.7 Å². The van der Waals surface area contributed by atoms with Crippen LogP contribution < -0.4 is 9.47 Å². The first-order valence-corrected chi connectivity index (χ1v) is 10.6. The number of aryl methyl sites for hydroxylation is 2. The molecule has 4 aromatic rings. The molecule has 0 spiro atoms. The van der Waals surface area contributed by atoms with E-state index < -0.39 is 18.2 Å². The number of ether oxygens (including phenoxy) is 2. The Morgan fingerprint density at radius 3 is 2.50 bits per heavy atom. The molecule has 0 aliphatic heterocycles. The van der Waals surface area contributed by atoms with Crippen LogP contribution in [0, 0.1) is 11.6 Å². The lowest BCUT2D eigenvalue weighted by Gasteiger charge is -2.10. The minimum Gasteiger partial charge on any atom is -0.488 e. The Kier molecular flexibility index (Phi) is 7.11. The normalized spacial score (nSPS) is 11.1. The fraction of sp³-hybridized carbons (Fsp3) is 0.148. The van der Waals surface area contributed by atoms with Crippen LogP contribution in [0.4, 0.5) is 17.6 Å². The molecule has 0 unspecified atom stereocenters. The van der Waals surface area contributed by atoms with E-state index in [2.05, 4.69) is 16.3 Å². The molecule has 3 nitrogen and oxygen atoms in total. The van der Waals surface area contributed by atoms with E-state index in [1.165, 1.54) is 6.07 Å². The van der Waals surface area contributed by atoms with Crippen LogP contribution in [-0.2, 0) is 12.8 Å². The largest absolute Gasteiger partial charge is 0.488 e. The van der Waals surface area contributed by atoms with Gasteiger partial charge in [0.2, 0.25) is 0 Å². The van der Waals surface area contributed by atoms with E-state index in [0.29, 0.717) is 41.7 Å². The number of nitrogens with zero attached hydrogens (tertiary/aromatic N) is 1. The second-order valence-electron chi connectivity index (χ2n) is 7.60. The van der Waals surface area contributed by atoms with Crippen molar-refractivity contribution in [1.82, 2.24) is 4.98 Å². The van der Waals surface area contributed by atoms with E-state index in [1.54, 1.807) is 30.5 Å². The Bertz CT molecular complexity index is 1310. The molecule has 0 amide bonds. The number of fused-ring (bicyclic) bond motifs is 1. The van der Waals surface area contributed by atoms with E-state index in [1.807, 2.05) is 24.3 Å². The van der Waals surface area contributed by atoms with Crippen molar-refractivity contribution in [1.29, 1.82) is 0 Å². The van der Waals surface area contributed by atoms with Gasteiger partial charge in [-0.1, -0.05) is 43.0 Å². The van der Waals surface area contributed by atoms with Crippen molar-refractivity contribution >= 4 is 10.8 Å². The summed E-state index contributed by atoms with van der Waals surface area (Å²) in [4.78, 5) is 4.41. The maximum atomic E-state index is 15.1. The van der Waals surface area contributed by atoms with Gasteiger partial charge < -0.3 is 9.47 Å². The predicted octanol–water partition coefficient (Wildman–Crippen LogP) is 7.13. The highest BCUT2D eigenvalue weighted by atomic mass is 19.3. The van der Waals surface area contributed by atoms with E-state index >= 15 is 4.39 Å². The lowest BCUT2D eigenvalue weighted by atomic mass is 9.98. The van der Waals surface area contributed by atoms with Crippen LogP contribution >= 0.6 is 0 Å². The van der Waals surface area contributed by atoms with Crippen LogP contribution in [0.25, 0.3) is 22.0 Å². The summed E-state index contributed by atoms with van der Waals surface area (Å²) in [7, 11) is 0. The monoisotopic (exact) mass is 467 g/mol. The van der Waals surface area contributed by atoms with Crippen LogP contribution in [0.5, 0.6) is 11.5 Å². The Balaban J connectivity index is 1.49. The molecule has 3 aromatic carbocycles. The summed E-state index contributed by atoms with van der Waals surface area (Å²) in [5.74, 6) is -1.10. The minimum atomic E-state index is -3.10. The highest BCUT2D eigenvalue weighted by Gasteiger charge is 2.12. The first-order chi connectivity index (χ1) is 16.4. The van der Waals surface area contributed by atoms with Crippen molar-refractivity contribution in [3.05, 3.63) is 102 Å². The highest BCUT2D eigenvalue weighted by molar-refractivity contribution is 5.88. The van der Waals surface area contributed by atoms with Crippen LogP contribution in [-0.4, -0.2) is 18.2 Å². The molecule has 0 N–H and O–H groups in total. The molecule has 0 fully saturated rings. The van der Waals surface area contributed by atoms with Crippen molar-refractivity contribution in [3.63, 3.8) is 0 Å². The zero-order valence-corrected chi connectivity index (χ0v) is 18.1. The number of benzene rings is 3. The highest BCUT2D eigenvalue weighted by Crippen LogP contribution is 2.28. The quantitative estimate of drug-likeness (QED) is 0.194. The fourth-order valence-corrected chi connectivity index (χ4v) is 3.65. The van der Waals surface area contributed by atoms with E-state index in [9.17, 15) is 13.2 Å². The average Bonchev–Trinajstić information content (AvgIpc) is 2.84. The molecule has 0 aliphatic rings. The van der Waals surface area contributed by atoms with Crippen molar-refractivity contribution in [2.75, 3.05) is 6.61 Å².